The molecule has 0 radical (unpaired) electrons. The molecule has 0 heterocycles. The second kappa shape index (κ2) is 8.67. The number of amides is 2. The van der Waals surface area contributed by atoms with E-state index in [0.29, 0.717) is 17.0 Å². The van der Waals surface area contributed by atoms with Gasteiger partial charge < -0.3 is 15.4 Å². The van der Waals surface area contributed by atoms with Gasteiger partial charge in [-0.2, -0.15) is 0 Å². The molecule has 0 aliphatic heterocycles. The van der Waals surface area contributed by atoms with E-state index in [-0.39, 0.29) is 17.7 Å². The molecular weight excluding hydrogens is 384 g/mol. The molecule has 2 rings (SSSR count). The van der Waals surface area contributed by atoms with Gasteiger partial charge in [0.1, 0.15) is 11.8 Å². The van der Waals surface area contributed by atoms with E-state index < -0.39 is 6.04 Å². The monoisotopic (exact) mass is 404 g/mol. The van der Waals surface area contributed by atoms with Crippen molar-refractivity contribution < 1.29 is 14.3 Å². The number of anilines is 1. The summed E-state index contributed by atoms with van der Waals surface area (Å²) in [7, 11) is 1.57. The Morgan fingerprint density at radius 1 is 1.08 bits per heavy atom. The Labute approximate surface area is 155 Å². The Morgan fingerprint density at radius 3 is 2.32 bits per heavy atom. The summed E-state index contributed by atoms with van der Waals surface area (Å²) in [5.41, 5.74) is 1.14. The number of methoxy groups -OCH3 is 1. The van der Waals surface area contributed by atoms with Crippen LogP contribution in [0.2, 0.25) is 0 Å². The molecule has 0 aromatic heterocycles. The first kappa shape index (κ1) is 19.0. The van der Waals surface area contributed by atoms with Crippen LogP contribution in [-0.4, -0.2) is 25.0 Å². The van der Waals surface area contributed by atoms with Gasteiger partial charge in [0.25, 0.3) is 5.91 Å². The molecular formula is C19H21BrN2O3. The summed E-state index contributed by atoms with van der Waals surface area (Å²) in [6.45, 7) is 3.78. The van der Waals surface area contributed by atoms with Crippen LogP contribution in [0.4, 0.5) is 5.69 Å². The zero-order valence-corrected chi connectivity index (χ0v) is 16.0. The molecule has 0 aliphatic rings. The Morgan fingerprint density at radius 2 is 1.76 bits per heavy atom. The second-order valence-electron chi connectivity index (χ2n) is 5.92. The maximum Gasteiger partial charge on any atom is 0.251 e. The molecule has 2 aromatic carbocycles. The quantitative estimate of drug-likeness (QED) is 0.767. The van der Waals surface area contributed by atoms with Crippen LogP contribution in [0.25, 0.3) is 0 Å². The summed E-state index contributed by atoms with van der Waals surface area (Å²) in [6.07, 6.45) is 0. The summed E-state index contributed by atoms with van der Waals surface area (Å²) in [5.74, 6) is 0.0550. The molecule has 6 heteroatoms. The van der Waals surface area contributed by atoms with E-state index in [4.69, 9.17) is 4.74 Å². The largest absolute Gasteiger partial charge is 0.497 e. The Hall–Kier alpha value is -2.34. The SMILES string of the molecule is COc1ccc(C(=O)N[C@H](C(=O)Nc2cccc(Br)c2)C(C)C)cc1. The van der Waals surface area contributed by atoms with Crippen LogP contribution >= 0.6 is 15.9 Å². The number of carbonyl (C=O) groups excluding carboxylic acids is 2. The normalized spacial score (nSPS) is 11.7. The fraction of sp³-hybridized carbons (Fsp3) is 0.263. The van der Waals surface area contributed by atoms with E-state index in [1.807, 2.05) is 26.0 Å². The Kier molecular flexibility index (Phi) is 6.58. The van der Waals surface area contributed by atoms with Crippen LogP contribution in [0.5, 0.6) is 5.75 Å². The van der Waals surface area contributed by atoms with Crippen LogP contribution in [-0.2, 0) is 4.79 Å². The van der Waals surface area contributed by atoms with Crippen LogP contribution < -0.4 is 15.4 Å². The number of nitrogens with one attached hydrogen (secondary N) is 2. The summed E-state index contributed by atoms with van der Waals surface area (Å²) in [6, 6.07) is 13.4. The van der Waals surface area contributed by atoms with Crippen LogP contribution in [0.15, 0.2) is 53.0 Å². The third-order valence-corrected chi connectivity index (χ3v) is 4.17. The van der Waals surface area contributed by atoms with Crippen LogP contribution in [0, 0.1) is 5.92 Å². The highest BCUT2D eigenvalue weighted by Gasteiger charge is 2.24. The molecule has 0 aliphatic carbocycles. The molecule has 25 heavy (non-hydrogen) atoms. The molecule has 0 saturated carbocycles. The molecule has 2 N–H and O–H groups in total. The number of benzene rings is 2. The summed E-state index contributed by atoms with van der Waals surface area (Å²) in [4.78, 5) is 25.0. The molecule has 0 saturated heterocycles. The molecule has 2 aromatic rings. The van der Waals surface area contributed by atoms with Crippen molar-refractivity contribution in [3.63, 3.8) is 0 Å². The van der Waals surface area contributed by atoms with Gasteiger partial charge in [-0.1, -0.05) is 35.8 Å². The van der Waals surface area contributed by atoms with Gasteiger partial charge in [0.05, 0.1) is 7.11 Å². The molecule has 2 amide bonds. The third-order valence-electron chi connectivity index (χ3n) is 3.68. The first-order valence-electron chi connectivity index (χ1n) is 7.92. The zero-order chi connectivity index (χ0) is 18.4. The second-order valence-corrected chi connectivity index (χ2v) is 6.84. The number of halogens is 1. The zero-order valence-electron chi connectivity index (χ0n) is 14.4. The van der Waals surface area contributed by atoms with Crippen molar-refractivity contribution in [2.75, 3.05) is 12.4 Å². The highest BCUT2D eigenvalue weighted by Crippen LogP contribution is 2.17. The predicted molar refractivity (Wildman–Crippen MR) is 102 cm³/mol. The lowest BCUT2D eigenvalue weighted by atomic mass is 10.0. The number of carbonyl (C=O) groups is 2. The highest BCUT2D eigenvalue weighted by atomic mass is 79.9. The average Bonchev–Trinajstić information content (AvgIpc) is 2.59. The van der Waals surface area contributed by atoms with Gasteiger partial charge in [-0.25, -0.2) is 0 Å². The lowest BCUT2D eigenvalue weighted by molar-refractivity contribution is -0.118. The van der Waals surface area contributed by atoms with Crippen LogP contribution in [0.3, 0.4) is 0 Å². The van der Waals surface area contributed by atoms with E-state index in [0.717, 1.165) is 4.47 Å². The third kappa shape index (κ3) is 5.32. The van der Waals surface area contributed by atoms with Crippen LogP contribution in [0.1, 0.15) is 24.2 Å². The Bertz CT molecular complexity index is 745. The molecule has 0 unspecified atom stereocenters. The maximum atomic E-state index is 12.6. The van der Waals surface area contributed by atoms with Gasteiger partial charge in [0.15, 0.2) is 0 Å². The van der Waals surface area contributed by atoms with Gasteiger partial charge in [0, 0.05) is 15.7 Å². The summed E-state index contributed by atoms with van der Waals surface area (Å²) >= 11 is 3.37. The van der Waals surface area contributed by atoms with Crippen molar-refractivity contribution in [3.05, 3.63) is 58.6 Å². The minimum Gasteiger partial charge on any atom is -0.497 e. The summed E-state index contributed by atoms with van der Waals surface area (Å²) in [5, 5.41) is 5.64. The number of rotatable bonds is 6. The van der Waals surface area contributed by atoms with Crippen molar-refractivity contribution in [3.8, 4) is 5.75 Å². The van der Waals surface area contributed by atoms with E-state index in [1.165, 1.54) is 0 Å². The van der Waals surface area contributed by atoms with Crippen molar-refractivity contribution in [1.29, 1.82) is 0 Å². The van der Waals surface area contributed by atoms with Gasteiger partial charge in [-0.05, 0) is 48.4 Å². The van der Waals surface area contributed by atoms with Gasteiger partial charge in [0.2, 0.25) is 5.91 Å². The van der Waals surface area contributed by atoms with Crippen molar-refractivity contribution in [2.45, 2.75) is 19.9 Å². The first-order valence-corrected chi connectivity index (χ1v) is 8.71. The van der Waals surface area contributed by atoms with Crippen molar-refractivity contribution in [2.24, 2.45) is 5.92 Å². The summed E-state index contributed by atoms with van der Waals surface area (Å²) < 4.78 is 5.95. The van der Waals surface area contributed by atoms with E-state index in [1.54, 1.807) is 43.5 Å². The lowest BCUT2D eigenvalue weighted by Gasteiger charge is -2.22. The molecule has 5 nitrogen and oxygen atoms in total. The fourth-order valence-corrected chi connectivity index (χ4v) is 2.69. The predicted octanol–water partition coefficient (Wildman–Crippen LogP) is 3.85. The van der Waals surface area contributed by atoms with E-state index in [9.17, 15) is 9.59 Å². The van der Waals surface area contributed by atoms with Gasteiger partial charge in [-0.3, -0.25) is 9.59 Å². The Balaban J connectivity index is 2.08. The molecule has 0 spiro atoms. The number of hydrogen-bond acceptors (Lipinski definition) is 3. The molecule has 0 fully saturated rings. The number of ether oxygens (including phenoxy) is 1. The standard InChI is InChI=1S/C19H21BrN2O3/c1-12(2)17(19(24)21-15-6-4-5-14(20)11-15)22-18(23)13-7-9-16(25-3)10-8-13/h4-12,17H,1-3H3,(H,21,24)(H,22,23)/t17-/m0/s1. The van der Waals surface area contributed by atoms with E-state index >= 15 is 0 Å². The average molecular weight is 405 g/mol. The lowest BCUT2D eigenvalue weighted by Crippen LogP contribution is -2.47. The minimum atomic E-state index is -0.645. The van der Waals surface area contributed by atoms with E-state index in [2.05, 4.69) is 26.6 Å². The maximum absolute atomic E-state index is 12.6. The first-order chi connectivity index (χ1) is 11.9. The minimum absolute atomic E-state index is 0.0608. The molecule has 132 valence electrons. The topological polar surface area (TPSA) is 67.4 Å². The highest BCUT2D eigenvalue weighted by molar-refractivity contribution is 9.10. The fourth-order valence-electron chi connectivity index (χ4n) is 2.29. The number of hydrogen-bond donors (Lipinski definition) is 2. The van der Waals surface area contributed by atoms with Gasteiger partial charge in [-0.15, -0.1) is 0 Å². The van der Waals surface area contributed by atoms with Crippen molar-refractivity contribution in [1.82, 2.24) is 5.32 Å². The van der Waals surface area contributed by atoms with Crippen molar-refractivity contribution >= 4 is 33.4 Å². The molecule has 0 bridgehead atoms. The van der Waals surface area contributed by atoms with Gasteiger partial charge >= 0.3 is 0 Å². The smallest absolute Gasteiger partial charge is 0.251 e. The molecule has 1 atom stereocenters.